The molecule has 1 saturated carbocycles. The summed E-state index contributed by atoms with van der Waals surface area (Å²) in [4.78, 5) is 10.5. The van der Waals surface area contributed by atoms with Crippen molar-refractivity contribution in [3.8, 4) is 34.1 Å². The van der Waals surface area contributed by atoms with Crippen LogP contribution in [0.15, 0.2) is 36.7 Å². The number of ether oxygens (including phenoxy) is 1. The van der Waals surface area contributed by atoms with E-state index in [0.717, 1.165) is 32.1 Å². The molecule has 2 saturated heterocycles. The third-order valence-corrected chi connectivity index (χ3v) is 7.24. The molecular formula is C25H26F2N6O2. The number of phenols is 1. The summed E-state index contributed by atoms with van der Waals surface area (Å²) in [7, 11) is 1.35. The number of piperidine rings is 1. The number of hydrogen-bond acceptors (Lipinski definition) is 8. The first-order valence-corrected chi connectivity index (χ1v) is 11.9. The highest BCUT2D eigenvalue weighted by Crippen LogP contribution is 2.40. The van der Waals surface area contributed by atoms with Crippen molar-refractivity contribution in [1.82, 2.24) is 25.5 Å². The molecule has 2 N–H and O–H groups in total. The third kappa shape index (κ3) is 4.05. The highest BCUT2D eigenvalue weighted by Gasteiger charge is 2.48. The topological polar surface area (TPSA) is 96.3 Å². The maximum atomic E-state index is 15.3. The van der Waals surface area contributed by atoms with E-state index in [1.165, 1.54) is 25.4 Å². The van der Waals surface area contributed by atoms with Gasteiger partial charge in [-0.1, -0.05) is 6.07 Å². The predicted octanol–water partition coefficient (Wildman–Crippen LogP) is 3.65. The summed E-state index contributed by atoms with van der Waals surface area (Å²) >= 11 is 0. The first-order chi connectivity index (χ1) is 17.0. The van der Waals surface area contributed by atoms with Crippen LogP contribution < -0.4 is 15.0 Å². The van der Waals surface area contributed by atoms with E-state index in [1.54, 1.807) is 18.3 Å². The second kappa shape index (κ2) is 8.67. The SMILES string of the molecule is COc1ncc(-c2ccc(-c3ncc(N(C4CC4)[C@H]4C[C@@H]5CC[C@@H](N5)[C@H]4F)nn3)c(O)c2)cc1F. The van der Waals surface area contributed by atoms with E-state index in [1.807, 2.05) is 0 Å². The second-order valence-corrected chi connectivity index (χ2v) is 9.52. The second-order valence-electron chi connectivity index (χ2n) is 9.52. The van der Waals surface area contributed by atoms with E-state index in [2.05, 4.69) is 30.4 Å². The Morgan fingerprint density at radius 2 is 1.91 bits per heavy atom. The van der Waals surface area contributed by atoms with Crippen molar-refractivity contribution in [2.45, 2.75) is 62.4 Å². The number of benzene rings is 1. The fraction of sp³-hybridized carbons (Fsp3) is 0.440. The minimum atomic E-state index is -0.954. The van der Waals surface area contributed by atoms with E-state index >= 15 is 4.39 Å². The number of halogens is 2. The van der Waals surface area contributed by atoms with Crippen LogP contribution in [0.5, 0.6) is 11.6 Å². The number of phenolic OH excluding ortho intramolecular Hbond substituents is 1. The zero-order valence-corrected chi connectivity index (χ0v) is 19.2. The Kier molecular flexibility index (Phi) is 5.47. The summed E-state index contributed by atoms with van der Waals surface area (Å²) in [5.41, 5.74) is 1.48. The Bertz CT molecular complexity index is 1240. The third-order valence-electron chi connectivity index (χ3n) is 7.24. The molecule has 0 amide bonds. The number of nitrogens with one attached hydrogen (secondary N) is 1. The van der Waals surface area contributed by atoms with Crippen molar-refractivity contribution < 1.29 is 18.6 Å². The number of aromatic hydroxyl groups is 1. The molecule has 2 bridgehead atoms. The van der Waals surface area contributed by atoms with Crippen LogP contribution in [0.1, 0.15) is 32.1 Å². The lowest BCUT2D eigenvalue weighted by Crippen LogP contribution is -2.57. The fourth-order valence-corrected chi connectivity index (χ4v) is 5.37. The number of aromatic nitrogens is 4. The maximum absolute atomic E-state index is 15.3. The van der Waals surface area contributed by atoms with Gasteiger partial charge in [0.15, 0.2) is 17.5 Å². The van der Waals surface area contributed by atoms with Crippen LogP contribution in [0.25, 0.3) is 22.5 Å². The number of fused-ring (bicyclic) bond motifs is 2. The summed E-state index contributed by atoms with van der Waals surface area (Å²) in [6.45, 7) is 0. The van der Waals surface area contributed by atoms with E-state index in [0.29, 0.717) is 28.6 Å². The normalized spacial score (nSPS) is 25.5. The molecule has 4 atom stereocenters. The Morgan fingerprint density at radius 1 is 1.06 bits per heavy atom. The molecule has 6 rings (SSSR count). The average Bonchev–Trinajstić information content (AvgIpc) is 3.62. The number of anilines is 1. The van der Waals surface area contributed by atoms with Gasteiger partial charge in [0.2, 0.25) is 5.88 Å². The van der Waals surface area contributed by atoms with E-state index in [-0.39, 0.29) is 35.6 Å². The van der Waals surface area contributed by atoms with Gasteiger partial charge in [-0.3, -0.25) is 0 Å². The Morgan fingerprint density at radius 3 is 2.60 bits per heavy atom. The zero-order valence-electron chi connectivity index (χ0n) is 19.2. The number of pyridine rings is 1. The van der Waals surface area contributed by atoms with E-state index in [9.17, 15) is 9.50 Å². The van der Waals surface area contributed by atoms with Crippen LogP contribution in [0.2, 0.25) is 0 Å². The first-order valence-electron chi connectivity index (χ1n) is 11.9. The molecule has 35 heavy (non-hydrogen) atoms. The van der Waals surface area contributed by atoms with Gasteiger partial charge in [-0.15, -0.1) is 10.2 Å². The lowest BCUT2D eigenvalue weighted by Gasteiger charge is -2.40. The van der Waals surface area contributed by atoms with Crippen LogP contribution in [0, 0.1) is 5.82 Å². The van der Waals surface area contributed by atoms with Crippen molar-refractivity contribution in [2.24, 2.45) is 0 Å². The largest absolute Gasteiger partial charge is 0.507 e. The smallest absolute Gasteiger partial charge is 0.250 e. The molecule has 4 heterocycles. The van der Waals surface area contributed by atoms with Crippen LogP contribution >= 0.6 is 0 Å². The lowest BCUT2D eigenvalue weighted by molar-refractivity contribution is 0.171. The van der Waals surface area contributed by atoms with Gasteiger partial charge in [0, 0.05) is 29.9 Å². The number of rotatable bonds is 6. The molecule has 1 aromatic carbocycles. The molecule has 8 nitrogen and oxygen atoms in total. The van der Waals surface area contributed by atoms with Gasteiger partial charge in [0.05, 0.1) is 24.9 Å². The van der Waals surface area contributed by atoms with Crippen LogP contribution in [-0.2, 0) is 0 Å². The molecule has 10 heteroatoms. The molecule has 0 unspecified atom stereocenters. The highest BCUT2D eigenvalue weighted by molar-refractivity contribution is 5.72. The number of nitrogens with zero attached hydrogens (tertiary/aromatic N) is 5. The molecule has 3 aromatic rings. The average molecular weight is 481 g/mol. The molecule has 1 aliphatic carbocycles. The van der Waals surface area contributed by atoms with Crippen LogP contribution in [0.4, 0.5) is 14.6 Å². The minimum Gasteiger partial charge on any atom is -0.507 e. The minimum absolute atomic E-state index is 0.0638. The van der Waals surface area contributed by atoms with Crippen molar-refractivity contribution in [2.75, 3.05) is 12.0 Å². The Hall–Kier alpha value is -3.40. The molecule has 3 fully saturated rings. The number of alkyl halides is 1. The summed E-state index contributed by atoms with van der Waals surface area (Å²) in [6, 6.07) is 6.48. The van der Waals surface area contributed by atoms with Crippen molar-refractivity contribution in [1.29, 1.82) is 0 Å². The van der Waals surface area contributed by atoms with Crippen molar-refractivity contribution >= 4 is 5.82 Å². The van der Waals surface area contributed by atoms with Crippen molar-refractivity contribution in [3.05, 3.63) is 42.5 Å². The molecule has 0 spiro atoms. The molecule has 2 aromatic heterocycles. The van der Waals surface area contributed by atoms with Gasteiger partial charge in [0.25, 0.3) is 0 Å². The van der Waals surface area contributed by atoms with Gasteiger partial charge in [-0.05, 0) is 55.9 Å². The summed E-state index contributed by atoms with van der Waals surface area (Å²) in [5.74, 6) is 0.0849. The summed E-state index contributed by atoms with van der Waals surface area (Å²) < 4.78 is 34.2. The van der Waals surface area contributed by atoms with Gasteiger partial charge in [0.1, 0.15) is 11.9 Å². The molecular weight excluding hydrogens is 454 g/mol. The Labute approximate surface area is 201 Å². The first kappa shape index (κ1) is 22.1. The number of hydrogen-bond donors (Lipinski definition) is 2. The molecule has 0 radical (unpaired) electrons. The zero-order chi connectivity index (χ0) is 24.1. The van der Waals surface area contributed by atoms with Crippen LogP contribution in [0.3, 0.4) is 0 Å². The lowest BCUT2D eigenvalue weighted by atomic mass is 9.96. The van der Waals surface area contributed by atoms with Crippen molar-refractivity contribution in [3.63, 3.8) is 0 Å². The molecule has 3 aliphatic rings. The standard InChI is InChI=1S/C25H26F2N6O2/c1-35-25-18(26)8-14(11-29-25)13-2-6-17(21(34)9-13)24-28-12-22(31-32-24)33(16-4-5-16)20-10-15-3-7-19(30-15)23(20)27/h2,6,8-9,11-12,15-16,19-20,23,30,34H,3-5,7,10H2,1H3/t15-,19+,20-,23+/m0/s1. The van der Waals surface area contributed by atoms with Gasteiger partial charge in [-0.25, -0.2) is 18.7 Å². The molecule has 2 aliphatic heterocycles. The van der Waals surface area contributed by atoms with Gasteiger partial charge in [-0.2, -0.15) is 0 Å². The maximum Gasteiger partial charge on any atom is 0.250 e. The van der Waals surface area contributed by atoms with Gasteiger partial charge >= 0.3 is 0 Å². The monoisotopic (exact) mass is 480 g/mol. The highest BCUT2D eigenvalue weighted by atomic mass is 19.1. The Balaban J connectivity index is 1.25. The van der Waals surface area contributed by atoms with Crippen LogP contribution in [-0.4, -0.2) is 62.7 Å². The van der Waals surface area contributed by atoms with Gasteiger partial charge < -0.3 is 20.1 Å². The molecule has 182 valence electrons. The fourth-order valence-electron chi connectivity index (χ4n) is 5.37. The summed E-state index contributed by atoms with van der Waals surface area (Å²) in [5, 5.41) is 22.7. The van der Waals surface area contributed by atoms with E-state index in [4.69, 9.17) is 4.74 Å². The van der Waals surface area contributed by atoms with E-state index < -0.39 is 12.0 Å². The summed E-state index contributed by atoms with van der Waals surface area (Å²) in [6.07, 6.45) is 6.80. The number of methoxy groups -OCH3 is 1. The quantitative estimate of drug-likeness (QED) is 0.552. The predicted molar refractivity (Wildman–Crippen MR) is 125 cm³/mol.